The fourth-order valence-electron chi connectivity index (χ4n) is 3.83. The summed E-state index contributed by atoms with van der Waals surface area (Å²) < 4.78 is 29.3. The van der Waals surface area contributed by atoms with E-state index in [4.69, 9.17) is 14.0 Å². The number of hydrogen-bond acceptors (Lipinski definition) is 6. The van der Waals surface area contributed by atoms with Gasteiger partial charge >= 0.3 is 0 Å². The van der Waals surface area contributed by atoms with Crippen molar-refractivity contribution in [2.75, 3.05) is 32.8 Å². The normalized spacial score (nSPS) is 20.5. The molecule has 160 valence electrons. The fraction of sp³-hybridized carbons (Fsp3) is 0.476. The molecule has 1 atom stereocenters. The van der Waals surface area contributed by atoms with E-state index in [0.29, 0.717) is 49.7 Å². The molecule has 2 aromatic rings. The Morgan fingerprint density at radius 3 is 2.67 bits per heavy atom. The minimum Gasteiger partial charge on any atom is -0.491 e. The molecule has 8 nitrogen and oxygen atoms in total. The second kappa shape index (κ2) is 8.83. The van der Waals surface area contributed by atoms with Gasteiger partial charge in [0.05, 0.1) is 6.54 Å². The molecule has 0 aliphatic carbocycles. The Bertz CT molecular complexity index is 892. The van der Waals surface area contributed by atoms with Crippen LogP contribution in [0.2, 0.25) is 0 Å². The highest BCUT2D eigenvalue weighted by Crippen LogP contribution is 2.22. The molecule has 0 saturated carbocycles. The average molecular weight is 417 g/mol. The first-order valence-electron chi connectivity index (χ1n) is 10.0. The summed E-state index contributed by atoms with van der Waals surface area (Å²) in [6, 6.07) is 7.47. The van der Waals surface area contributed by atoms with Gasteiger partial charge in [0.1, 0.15) is 36.6 Å². The highest BCUT2D eigenvalue weighted by atomic mass is 19.1. The predicted octanol–water partition coefficient (Wildman–Crippen LogP) is 2.03. The topological polar surface area (TPSA) is 85.1 Å². The number of likely N-dealkylation sites (tertiary alicyclic amines) is 1. The molecule has 1 aromatic heterocycles. The lowest BCUT2D eigenvalue weighted by Crippen LogP contribution is -2.55. The lowest BCUT2D eigenvalue weighted by Gasteiger charge is -2.42. The van der Waals surface area contributed by atoms with Crippen LogP contribution >= 0.6 is 0 Å². The molecule has 2 fully saturated rings. The monoisotopic (exact) mass is 417 g/mol. The minimum atomic E-state index is -0.323. The van der Waals surface area contributed by atoms with Crippen LogP contribution in [0.3, 0.4) is 0 Å². The number of ether oxygens (including phenoxy) is 2. The number of aromatic nitrogens is 1. The number of amides is 2. The largest absolute Gasteiger partial charge is 0.491 e. The lowest BCUT2D eigenvalue weighted by atomic mass is 10.0. The molecule has 2 aliphatic rings. The van der Waals surface area contributed by atoms with Gasteiger partial charge in [-0.1, -0.05) is 5.16 Å². The first-order valence-corrected chi connectivity index (χ1v) is 10.0. The van der Waals surface area contributed by atoms with Gasteiger partial charge in [-0.3, -0.25) is 9.59 Å². The molecule has 2 aliphatic heterocycles. The van der Waals surface area contributed by atoms with Crippen molar-refractivity contribution < 1.29 is 28.0 Å². The van der Waals surface area contributed by atoms with Crippen molar-refractivity contribution in [3.63, 3.8) is 0 Å². The van der Waals surface area contributed by atoms with Crippen molar-refractivity contribution >= 4 is 11.8 Å². The number of benzene rings is 1. The van der Waals surface area contributed by atoms with E-state index in [0.717, 1.165) is 0 Å². The lowest BCUT2D eigenvalue weighted by molar-refractivity contribution is -0.155. The van der Waals surface area contributed by atoms with E-state index < -0.39 is 0 Å². The molecule has 3 heterocycles. The van der Waals surface area contributed by atoms with Gasteiger partial charge in [-0.05, 0) is 44.0 Å². The maximum atomic E-state index is 13.0. The van der Waals surface area contributed by atoms with Gasteiger partial charge in [-0.2, -0.15) is 0 Å². The molecule has 9 heteroatoms. The van der Waals surface area contributed by atoms with E-state index in [-0.39, 0.29) is 43.0 Å². The zero-order chi connectivity index (χ0) is 21.1. The van der Waals surface area contributed by atoms with E-state index in [1.807, 2.05) is 4.90 Å². The second-order valence-electron chi connectivity index (χ2n) is 7.59. The number of aryl methyl sites for hydroxylation is 1. The molecular weight excluding hydrogens is 393 g/mol. The minimum absolute atomic E-state index is 0.00874. The van der Waals surface area contributed by atoms with Crippen LogP contribution in [-0.2, 0) is 9.53 Å². The average Bonchev–Trinajstić information content (AvgIpc) is 3.20. The summed E-state index contributed by atoms with van der Waals surface area (Å²) in [5.74, 6) is 0.630. The van der Waals surface area contributed by atoms with Crippen LogP contribution in [0.25, 0.3) is 0 Å². The summed E-state index contributed by atoms with van der Waals surface area (Å²) in [6.07, 6.45) is 1.13. The Morgan fingerprint density at radius 1 is 1.27 bits per heavy atom. The molecule has 1 aromatic carbocycles. The summed E-state index contributed by atoms with van der Waals surface area (Å²) in [4.78, 5) is 28.5. The number of nitrogens with zero attached hydrogens (tertiary/aromatic N) is 3. The van der Waals surface area contributed by atoms with Crippen molar-refractivity contribution in [2.24, 2.45) is 0 Å². The SMILES string of the molecule is Cc1cc(C(=O)N2CCC(N3CC(COc4ccc(F)cc4)OCC3=O)CC2)no1. The smallest absolute Gasteiger partial charge is 0.276 e. The molecular formula is C21H24FN3O5. The van der Waals surface area contributed by atoms with Crippen LogP contribution < -0.4 is 4.74 Å². The van der Waals surface area contributed by atoms with Crippen molar-refractivity contribution in [1.82, 2.24) is 15.0 Å². The Kier molecular flexibility index (Phi) is 5.98. The number of carbonyl (C=O) groups excluding carboxylic acids is 2. The number of piperidine rings is 1. The van der Waals surface area contributed by atoms with Gasteiger partial charge in [0.25, 0.3) is 5.91 Å². The standard InChI is InChI=1S/C21H24FN3O5/c1-14-10-19(23-30-14)21(27)24-8-6-16(7-9-24)25-11-18(29-13-20(25)26)12-28-17-4-2-15(22)3-5-17/h2-5,10,16,18H,6-9,11-13H2,1H3. The van der Waals surface area contributed by atoms with Gasteiger partial charge in [-0.15, -0.1) is 0 Å². The molecule has 0 N–H and O–H groups in total. The first-order chi connectivity index (χ1) is 14.5. The van der Waals surface area contributed by atoms with E-state index in [2.05, 4.69) is 5.16 Å². The molecule has 4 rings (SSSR count). The van der Waals surface area contributed by atoms with E-state index in [9.17, 15) is 14.0 Å². The van der Waals surface area contributed by atoms with Gasteiger partial charge in [-0.25, -0.2) is 4.39 Å². The third kappa shape index (κ3) is 4.62. The van der Waals surface area contributed by atoms with Crippen LogP contribution in [0.15, 0.2) is 34.9 Å². The van der Waals surface area contributed by atoms with Crippen molar-refractivity contribution in [3.05, 3.63) is 47.6 Å². The molecule has 2 amide bonds. The van der Waals surface area contributed by atoms with Gasteiger partial charge in [0, 0.05) is 25.2 Å². The van der Waals surface area contributed by atoms with Crippen LogP contribution in [0.4, 0.5) is 4.39 Å². The van der Waals surface area contributed by atoms with Crippen molar-refractivity contribution in [1.29, 1.82) is 0 Å². The van der Waals surface area contributed by atoms with Gasteiger partial charge in [0.15, 0.2) is 5.69 Å². The fourth-order valence-corrected chi connectivity index (χ4v) is 3.83. The third-order valence-electron chi connectivity index (χ3n) is 5.45. The van der Waals surface area contributed by atoms with Crippen LogP contribution in [-0.4, -0.2) is 71.8 Å². The summed E-state index contributed by atoms with van der Waals surface area (Å²) in [6.45, 7) is 3.57. The summed E-state index contributed by atoms with van der Waals surface area (Å²) >= 11 is 0. The maximum absolute atomic E-state index is 13.0. The zero-order valence-corrected chi connectivity index (χ0v) is 16.8. The first kappa shape index (κ1) is 20.3. The molecule has 2 saturated heterocycles. The van der Waals surface area contributed by atoms with E-state index >= 15 is 0 Å². The van der Waals surface area contributed by atoms with Gasteiger partial charge in [0.2, 0.25) is 5.91 Å². The van der Waals surface area contributed by atoms with E-state index in [1.165, 1.54) is 12.1 Å². The molecule has 0 bridgehead atoms. The van der Waals surface area contributed by atoms with Crippen LogP contribution in [0.5, 0.6) is 5.75 Å². The second-order valence-corrected chi connectivity index (χ2v) is 7.59. The quantitative estimate of drug-likeness (QED) is 0.740. The Labute approximate surface area is 173 Å². The molecule has 0 radical (unpaired) electrons. The number of carbonyl (C=O) groups is 2. The Hall–Kier alpha value is -2.94. The highest BCUT2D eigenvalue weighted by Gasteiger charge is 2.35. The number of halogens is 1. The summed E-state index contributed by atoms with van der Waals surface area (Å²) in [7, 11) is 0. The Morgan fingerprint density at radius 2 is 2.00 bits per heavy atom. The van der Waals surface area contributed by atoms with E-state index in [1.54, 1.807) is 30.0 Å². The molecule has 1 unspecified atom stereocenters. The third-order valence-corrected chi connectivity index (χ3v) is 5.45. The number of morpholine rings is 1. The number of hydrogen-bond donors (Lipinski definition) is 0. The summed E-state index contributed by atoms with van der Waals surface area (Å²) in [5.41, 5.74) is 0.311. The van der Waals surface area contributed by atoms with Crippen LogP contribution in [0, 0.1) is 12.7 Å². The zero-order valence-electron chi connectivity index (χ0n) is 16.8. The molecule has 0 spiro atoms. The van der Waals surface area contributed by atoms with Crippen molar-refractivity contribution in [3.8, 4) is 5.75 Å². The van der Waals surface area contributed by atoms with Crippen LogP contribution in [0.1, 0.15) is 29.1 Å². The highest BCUT2D eigenvalue weighted by molar-refractivity contribution is 5.92. The number of rotatable bonds is 5. The van der Waals surface area contributed by atoms with Gasteiger partial charge < -0.3 is 23.8 Å². The predicted molar refractivity (Wildman–Crippen MR) is 104 cm³/mol. The molecule has 30 heavy (non-hydrogen) atoms. The maximum Gasteiger partial charge on any atom is 0.276 e. The Balaban J connectivity index is 1.29. The summed E-state index contributed by atoms with van der Waals surface area (Å²) in [5, 5.41) is 3.79. The van der Waals surface area contributed by atoms with Crippen molar-refractivity contribution in [2.45, 2.75) is 31.9 Å².